The van der Waals surface area contributed by atoms with E-state index in [-0.39, 0.29) is 43.0 Å². The normalized spacial score (nSPS) is 17.9. The van der Waals surface area contributed by atoms with E-state index in [0.29, 0.717) is 12.2 Å². The molecule has 1 aliphatic rings. The van der Waals surface area contributed by atoms with Crippen LogP contribution in [-0.2, 0) is 20.9 Å². The zero-order chi connectivity index (χ0) is 14.7. The molecule has 1 amide bonds. The molecule has 1 heterocycles. The second-order valence-electron chi connectivity index (χ2n) is 4.94. The molecule has 1 saturated heterocycles. The topological polar surface area (TPSA) is 46.6 Å². The summed E-state index contributed by atoms with van der Waals surface area (Å²) in [5, 5.41) is 0. The van der Waals surface area contributed by atoms with Crippen LogP contribution in [0.5, 0.6) is 0 Å². The van der Waals surface area contributed by atoms with Crippen molar-refractivity contribution in [3.05, 3.63) is 34.1 Å². The highest BCUT2D eigenvalue weighted by Gasteiger charge is 2.27. The Morgan fingerprint density at radius 3 is 2.95 bits per heavy atom. The van der Waals surface area contributed by atoms with Crippen LogP contribution in [0.4, 0.5) is 4.39 Å². The molecule has 20 heavy (non-hydrogen) atoms. The molecule has 1 fully saturated rings. The Morgan fingerprint density at radius 1 is 1.55 bits per heavy atom. The molecule has 0 aliphatic carbocycles. The first-order valence-corrected chi connectivity index (χ1v) is 7.08. The van der Waals surface area contributed by atoms with Crippen molar-refractivity contribution in [2.24, 2.45) is 5.92 Å². The third kappa shape index (κ3) is 3.79. The van der Waals surface area contributed by atoms with E-state index < -0.39 is 0 Å². The van der Waals surface area contributed by atoms with E-state index in [1.807, 2.05) is 0 Å². The lowest BCUT2D eigenvalue weighted by Gasteiger charge is -2.19. The van der Waals surface area contributed by atoms with Crippen molar-refractivity contribution in [2.75, 3.05) is 13.7 Å². The van der Waals surface area contributed by atoms with Crippen LogP contribution in [0.1, 0.15) is 18.4 Å². The average molecular weight is 344 g/mol. The highest BCUT2D eigenvalue weighted by atomic mass is 79.9. The Hall–Kier alpha value is -1.43. The minimum atomic E-state index is -0.341. The predicted octanol–water partition coefficient (Wildman–Crippen LogP) is 2.50. The minimum Gasteiger partial charge on any atom is -0.465 e. The number of carbonyl (C=O) groups is 2. The lowest BCUT2D eigenvalue weighted by atomic mass is 10.0. The van der Waals surface area contributed by atoms with E-state index in [2.05, 4.69) is 15.9 Å². The summed E-state index contributed by atoms with van der Waals surface area (Å²) in [6, 6.07) is 4.63. The van der Waals surface area contributed by atoms with Crippen molar-refractivity contribution in [3.63, 3.8) is 0 Å². The van der Waals surface area contributed by atoms with Gasteiger partial charge in [0.25, 0.3) is 0 Å². The number of ether oxygens (including phenoxy) is 1. The molecule has 0 spiro atoms. The van der Waals surface area contributed by atoms with Crippen molar-refractivity contribution < 1.29 is 18.7 Å². The molecule has 2 rings (SSSR count). The Balaban J connectivity index is 1.93. The van der Waals surface area contributed by atoms with Crippen molar-refractivity contribution in [2.45, 2.75) is 19.4 Å². The largest absolute Gasteiger partial charge is 0.465 e. The van der Waals surface area contributed by atoms with E-state index in [0.717, 1.165) is 4.47 Å². The molecule has 108 valence electrons. The quantitative estimate of drug-likeness (QED) is 0.789. The van der Waals surface area contributed by atoms with E-state index in [9.17, 15) is 14.0 Å². The molecule has 1 aromatic carbocycles. The highest BCUT2D eigenvalue weighted by molar-refractivity contribution is 9.10. The lowest BCUT2D eigenvalue weighted by molar-refractivity contribution is -0.138. The molecule has 0 aromatic heterocycles. The maximum Gasteiger partial charge on any atom is 0.306 e. The van der Waals surface area contributed by atoms with Gasteiger partial charge in [0.1, 0.15) is 5.82 Å². The van der Waals surface area contributed by atoms with E-state index in [1.165, 1.54) is 11.0 Å². The van der Waals surface area contributed by atoms with Gasteiger partial charge in [0.15, 0.2) is 0 Å². The second kappa shape index (κ2) is 6.35. The number of hydrogen-bond acceptors (Lipinski definition) is 3. The summed E-state index contributed by atoms with van der Waals surface area (Å²) >= 11 is 3.28. The summed E-state index contributed by atoms with van der Waals surface area (Å²) < 4.78 is 19.2. The van der Waals surface area contributed by atoms with Gasteiger partial charge in [-0.2, -0.15) is 0 Å². The van der Waals surface area contributed by atoms with Gasteiger partial charge in [-0.05, 0) is 18.2 Å². The molecule has 6 heteroatoms. The third-order valence-electron chi connectivity index (χ3n) is 3.24. The summed E-state index contributed by atoms with van der Waals surface area (Å²) in [6.45, 7) is 0.495. The highest BCUT2D eigenvalue weighted by Crippen LogP contribution is 2.20. The monoisotopic (exact) mass is 343 g/mol. The van der Waals surface area contributed by atoms with Crippen LogP contribution in [-0.4, -0.2) is 30.4 Å². The van der Waals surface area contributed by atoms with Crippen LogP contribution in [0, 0.1) is 11.7 Å². The number of esters is 1. The van der Waals surface area contributed by atoms with Gasteiger partial charge >= 0.3 is 5.97 Å². The molecule has 0 N–H and O–H groups in total. The summed E-state index contributed by atoms with van der Waals surface area (Å²) in [7, 11) is 1.63. The standard InChI is InChI=1S/C14H15BrFNO3/c1-17(7-10-6-11(15)2-3-12(10)16)13(18)4-9-5-14(19)20-8-9/h2-3,6,9H,4-5,7-8H2,1H3/t9-/m1/s1. The van der Waals surface area contributed by atoms with E-state index in [1.54, 1.807) is 19.2 Å². The number of benzene rings is 1. The number of nitrogens with zero attached hydrogens (tertiary/aromatic N) is 1. The second-order valence-corrected chi connectivity index (χ2v) is 5.86. The van der Waals surface area contributed by atoms with Gasteiger partial charge in [0.05, 0.1) is 13.0 Å². The van der Waals surface area contributed by atoms with Gasteiger partial charge in [0, 0.05) is 36.0 Å². The molecule has 0 radical (unpaired) electrons. The van der Waals surface area contributed by atoms with Crippen LogP contribution in [0.3, 0.4) is 0 Å². The van der Waals surface area contributed by atoms with Crippen LogP contribution in [0.2, 0.25) is 0 Å². The van der Waals surface area contributed by atoms with Gasteiger partial charge < -0.3 is 9.64 Å². The number of cyclic esters (lactones) is 1. The van der Waals surface area contributed by atoms with E-state index in [4.69, 9.17) is 4.74 Å². The first kappa shape index (κ1) is 15.0. The van der Waals surface area contributed by atoms with Crippen LogP contribution >= 0.6 is 15.9 Å². The molecular weight excluding hydrogens is 329 g/mol. The number of rotatable bonds is 4. The summed E-state index contributed by atoms with van der Waals surface area (Å²) in [6.07, 6.45) is 0.530. The fourth-order valence-electron chi connectivity index (χ4n) is 2.11. The van der Waals surface area contributed by atoms with Crippen molar-refractivity contribution >= 4 is 27.8 Å². The van der Waals surface area contributed by atoms with Crippen LogP contribution < -0.4 is 0 Å². The molecule has 1 aromatic rings. The molecule has 0 saturated carbocycles. The molecule has 0 bridgehead atoms. The van der Waals surface area contributed by atoms with Gasteiger partial charge in [0.2, 0.25) is 5.91 Å². The average Bonchev–Trinajstić information content (AvgIpc) is 2.79. The number of halogens is 2. The van der Waals surface area contributed by atoms with E-state index >= 15 is 0 Å². The Labute approximate surface area is 125 Å². The maximum absolute atomic E-state index is 13.6. The fourth-order valence-corrected chi connectivity index (χ4v) is 2.51. The molecular formula is C14H15BrFNO3. The van der Waals surface area contributed by atoms with Crippen molar-refractivity contribution in [1.82, 2.24) is 4.90 Å². The SMILES string of the molecule is CN(Cc1cc(Br)ccc1F)C(=O)C[C@H]1COC(=O)C1. The van der Waals surface area contributed by atoms with Crippen LogP contribution in [0.25, 0.3) is 0 Å². The predicted molar refractivity (Wildman–Crippen MR) is 74.3 cm³/mol. The van der Waals surface area contributed by atoms with Gasteiger partial charge in [-0.25, -0.2) is 4.39 Å². The first-order valence-electron chi connectivity index (χ1n) is 6.29. The third-order valence-corrected chi connectivity index (χ3v) is 3.73. The Morgan fingerprint density at radius 2 is 2.30 bits per heavy atom. The fraction of sp³-hybridized carbons (Fsp3) is 0.429. The summed E-state index contributed by atoms with van der Waals surface area (Å²) in [5.41, 5.74) is 0.453. The zero-order valence-electron chi connectivity index (χ0n) is 11.1. The smallest absolute Gasteiger partial charge is 0.306 e. The van der Waals surface area contributed by atoms with Crippen molar-refractivity contribution in [1.29, 1.82) is 0 Å². The molecule has 4 nitrogen and oxygen atoms in total. The zero-order valence-corrected chi connectivity index (χ0v) is 12.7. The molecule has 1 aliphatic heterocycles. The van der Waals surface area contributed by atoms with Crippen molar-refractivity contribution in [3.8, 4) is 0 Å². The minimum absolute atomic E-state index is 0.0650. The number of hydrogen-bond donors (Lipinski definition) is 0. The number of carbonyl (C=O) groups excluding carboxylic acids is 2. The van der Waals surface area contributed by atoms with Gasteiger partial charge in [-0.15, -0.1) is 0 Å². The summed E-state index contributed by atoms with van der Waals surface area (Å²) in [4.78, 5) is 24.5. The maximum atomic E-state index is 13.6. The summed E-state index contributed by atoms with van der Waals surface area (Å²) in [5.74, 6) is -0.784. The van der Waals surface area contributed by atoms with Gasteiger partial charge in [-0.1, -0.05) is 15.9 Å². The molecule has 0 unspecified atom stereocenters. The Kier molecular flexibility index (Phi) is 4.75. The van der Waals surface area contributed by atoms with Gasteiger partial charge in [-0.3, -0.25) is 9.59 Å². The number of amides is 1. The molecule has 1 atom stereocenters. The lowest BCUT2D eigenvalue weighted by Crippen LogP contribution is -2.28. The Bertz CT molecular complexity index is 535. The van der Waals surface area contributed by atoms with Crippen LogP contribution in [0.15, 0.2) is 22.7 Å². The first-order chi connectivity index (χ1) is 9.45.